The van der Waals surface area contributed by atoms with Gasteiger partial charge in [0.05, 0.1) is 31.9 Å². The number of amides is 1. The van der Waals surface area contributed by atoms with Gasteiger partial charge in [0.25, 0.3) is 0 Å². The second kappa shape index (κ2) is 7.50. The van der Waals surface area contributed by atoms with E-state index in [2.05, 4.69) is 4.90 Å². The largest absolute Gasteiger partial charge is 0.465 e. The van der Waals surface area contributed by atoms with Gasteiger partial charge in [-0.3, -0.25) is 9.80 Å². The van der Waals surface area contributed by atoms with Gasteiger partial charge < -0.3 is 14.2 Å². The number of rotatable bonds is 3. The van der Waals surface area contributed by atoms with Gasteiger partial charge in [-0.25, -0.2) is 14.0 Å². The fraction of sp³-hybridized carbons (Fsp3) is 0.636. The molecule has 1 aromatic rings. The van der Waals surface area contributed by atoms with Gasteiger partial charge in [0.2, 0.25) is 0 Å². The molecule has 0 aliphatic carbocycles. The molecule has 3 heterocycles. The molecule has 4 rings (SSSR count). The van der Waals surface area contributed by atoms with Crippen LogP contribution in [0.1, 0.15) is 48.7 Å². The molecule has 0 N–H and O–H groups in total. The molecule has 1 aromatic carbocycles. The molecule has 30 heavy (non-hydrogen) atoms. The number of carbonyl (C=O) groups excluding carboxylic acids is 2. The first kappa shape index (κ1) is 21.1. The number of methoxy groups -OCH3 is 1. The van der Waals surface area contributed by atoms with Crippen molar-refractivity contribution in [1.29, 1.82) is 0 Å². The summed E-state index contributed by atoms with van der Waals surface area (Å²) in [6, 6.07) is 2.99. The molecule has 2 atom stereocenters. The lowest BCUT2D eigenvalue weighted by Crippen LogP contribution is -2.52. The van der Waals surface area contributed by atoms with E-state index in [9.17, 15) is 14.0 Å². The Kier molecular flexibility index (Phi) is 5.26. The third kappa shape index (κ3) is 4.03. The molecule has 1 amide bonds. The average molecular weight is 420 g/mol. The van der Waals surface area contributed by atoms with Gasteiger partial charge >= 0.3 is 12.1 Å². The molecular weight excluding hydrogens is 391 g/mol. The van der Waals surface area contributed by atoms with Gasteiger partial charge in [0.15, 0.2) is 0 Å². The zero-order valence-electron chi connectivity index (χ0n) is 18.0. The predicted octanol–water partition coefficient (Wildman–Crippen LogP) is 2.75. The Labute approximate surface area is 176 Å². The molecule has 8 heteroatoms. The van der Waals surface area contributed by atoms with Crippen LogP contribution in [-0.4, -0.2) is 72.5 Å². The Morgan fingerprint density at radius 1 is 1.33 bits per heavy atom. The van der Waals surface area contributed by atoms with Crippen molar-refractivity contribution in [2.75, 3.05) is 33.4 Å². The molecule has 164 valence electrons. The summed E-state index contributed by atoms with van der Waals surface area (Å²) in [5.74, 6) is -0.918. The third-order valence-corrected chi connectivity index (χ3v) is 6.02. The quantitative estimate of drug-likeness (QED) is 0.701. The number of esters is 1. The Hall–Kier alpha value is -2.19. The number of fused-ring (bicyclic) bond motifs is 3. The van der Waals surface area contributed by atoms with Crippen LogP contribution in [0.2, 0.25) is 0 Å². The molecule has 2 saturated heterocycles. The summed E-state index contributed by atoms with van der Waals surface area (Å²) in [4.78, 5) is 28.2. The van der Waals surface area contributed by atoms with Crippen molar-refractivity contribution in [3.63, 3.8) is 0 Å². The number of nitrogens with zero attached hydrogens (tertiary/aromatic N) is 2. The monoisotopic (exact) mass is 420 g/mol. The molecule has 3 aliphatic heterocycles. The number of ether oxygens (including phenoxy) is 3. The lowest BCUT2D eigenvalue weighted by molar-refractivity contribution is -0.0678. The van der Waals surface area contributed by atoms with Gasteiger partial charge in [0, 0.05) is 31.6 Å². The van der Waals surface area contributed by atoms with Crippen molar-refractivity contribution in [2.24, 2.45) is 0 Å². The fourth-order valence-electron chi connectivity index (χ4n) is 4.72. The van der Waals surface area contributed by atoms with E-state index < -0.39 is 17.2 Å². The first-order valence-electron chi connectivity index (χ1n) is 10.3. The summed E-state index contributed by atoms with van der Waals surface area (Å²) in [5, 5.41) is 0. The first-order valence-corrected chi connectivity index (χ1v) is 10.3. The molecule has 2 unspecified atom stereocenters. The van der Waals surface area contributed by atoms with Crippen LogP contribution in [0.15, 0.2) is 12.1 Å². The standard InChI is InChI=1S/C22H29FN2O5/c1-21(2,3)30-20(27)25-13-22(9-16(25)11-29-22)12-24-6-5-14-7-15(19(26)28-4)8-18(23)17(14)10-24/h7-8,16H,5-6,9-13H2,1-4H3. The van der Waals surface area contributed by atoms with Crippen LogP contribution < -0.4 is 0 Å². The second-order valence-corrected chi connectivity index (χ2v) is 9.51. The van der Waals surface area contributed by atoms with Crippen LogP contribution in [0, 0.1) is 5.82 Å². The lowest BCUT2D eigenvalue weighted by Gasteiger charge is -2.38. The van der Waals surface area contributed by atoms with Crippen molar-refractivity contribution < 1.29 is 28.2 Å². The van der Waals surface area contributed by atoms with E-state index >= 15 is 0 Å². The van der Waals surface area contributed by atoms with E-state index in [0.29, 0.717) is 38.2 Å². The fourth-order valence-corrected chi connectivity index (χ4v) is 4.72. The summed E-state index contributed by atoms with van der Waals surface area (Å²) in [5.41, 5.74) is 0.718. The van der Waals surface area contributed by atoms with Crippen molar-refractivity contribution in [2.45, 2.75) is 57.4 Å². The van der Waals surface area contributed by atoms with Gasteiger partial charge in [0.1, 0.15) is 17.0 Å². The summed E-state index contributed by atoms with van der Waals surface area (Å²) in [7, 11) is 1.29. The van der Waals surface area contributed by atoms with Crippen molar-refractivity contribution in [1.82, 2.24) is 9.80 Å². The van der Waals surface area contributed by atoms with Crippen LogP contribution in [0.3, 0.4) is 0 Å². The van der Waals surface area contributed by atoms with E-state index in [1.54, 1.807) is 11.0 Å². The minimum atomic E-state index is -0.538. The maximum atomic E-state index is 14.7. The van der Waals surface area contributed by atoms with E-state index in [1.165, 1.54) is 13.2 Å². The Balaban J connectivity index is 1.44. The number of hydrogen-bond acceptors (Lipinski definition) is 6. The lowest BCUT2D eigenvalue weighted by atomic mass is 9.94. The van der Waals surface area contributed by atoms with Crippen molar-refractivity contribution >= 4 is 12.1 Å². The van der Waals surface area contributed by atoms with E-state index in [4.69, 9.17) is 14.2 Å². The molecule has 2 fully saturated rings. The molecule has 0 saturated carbocycles. The summed E-state index contributed by atoms with van der Waals surface area (Å²) < 4.78 is 31.0. The van der Waals surface area contributed by atoms with Crippen LogP contribution in [0.4, 0.5) is 9.18 Å². The number of carbonyl (C=O) groups is 2. The van der Waals surface area contributed by atoms with Crippen molar-refractivity contribution in [3.05, 3.63) is 34.6 Å². The topological polar surface area (TPSA) is 68.3 Å². The second-order valence-electron chi connectivity index (χ2n) is 9.51. The van der Waals surface area contributed by atoms with Gasteiger partial charge in [-0.1, -0.05) is 0 Å². The Bertz CT molecular complexity index is 868. The molecule has 7 nitrogen and oxygen atoms in total. The normalized spacial score (nSPS) is 25.9. The van der Waals surface area contributed by atoms with Crippen LogP contribution in [0.25, 0.3) is 0 Å². The molecule has 3 aliphatic rings. The highest BCUT2D eigenvalue weighted by Crippen LogP contribution is 2.39. The molecular formula is C22H29FN2O5. The van der Waals surface area contributed by atoms with E-state index in [0.717, 1.165) is 18.5 Å². The summed E-state index contributed by atoms with van der Waals surface area (Å²) in [6.45, 7) is 8.37. The van der Waals surface area contributed by atoms with E-state index in [1.807, 2.05) is 20.8 Å². The average Bonchev–Trinajstić information content (AvgIpc) is 3.24. The molecule has 2 bridgehead atoms. The number of morpholine rings is 1. The Morgan fingerprint density at radius 2 is 2.10 bits per heavy atom. The third-order valence-electron chi connectivity index (χ3n) is 6.02. The molecule has 0 spiro atoms. The van der Waals surface area contributed by atoms with Gasteiger partial charge in [-0.15, -0.1) is 0 Å². The highest BCUT2D eigenvalue weighted by molar-refractivity contribution is 5.89. The summed E-state index contributed by atoms with van der Waals surface area (Å²) >= 11 is 0. The molecule has 0 aromatic heterocycles. The maximum absolute atomic E-state index is 14.7. The number of likely N-dealkylation sites (tertiary alicyclic amines) is 1. The van der Waals surface area contributed by atoms with Crippen LogP contribution in [-0.2, 0) is 27.2 Å². The minimum Gasteiger partial charge on any atom is -0.465 e. The smallest absolute Gasteiger partial charge is 0.410 e. The number of benzene rings is 1. The molecule has 0 radical (unpaired) electrons. The minimum absolute atomic E-state index is 0.0243. The number of halogens is 1. The van der Waals surface area contributed by atoms with Crippen LogP contribution in [0.5, 0.6) is 0 Å². The van der Waals surface area contributed by atoms with Crippen LogP contribution >= 0.6 is 0 Å². The predicted molar refractivity (Wildman–Crippen MR) is 107 cm³/mol. The first-order chi connectivity index (χ1) is 14.1. The Morgan fingerprint density at radius 3 is 2.80 bits per heavy atom. The SMILES string of the molecule is COC(=O)c1cc(F)c2c(c1)CCN(CC13CC(CO1)N(C(=O)OC(C)(C)C)C3)C2. The van der Waals surface area contributed by atoms with Gasteiger partial charge in [-0.2, -0.15) is 0 Å². The van der Waals surface area contributed by atoms with E-state index in [-0.39, 0.29) is 23.5 Å². The number of hydrogen-bond donors (Lipinski definition) is 0. The highest BCUT2D eigenvalue weighted by Gasteiger charge is 2.54. The van der Waals surface area contributed by atoms with Crippen molar-refractivity contribution in [3.8, 4) is 0 Å². The maximum Gasteiger partial charge on any atom is 0.410 e. The zero-order chi connectivity index (χ0) is 21.7. The zero-order valence-corrected chi connectivity index (χ0v) is 18.0. The summed E-state index contributed by atoms with van der Waals surface area (Å²) in [6.07, 6.45) is 1.11. The van der Waals surface area contributed by atoms with Gasteiger partial charge in [-0.05, 0) is 44.9 Å². The highest BCUT2D eigenvalue weighted by atomic mass is 19.1.